The third kappa shape index (κ3) is 3.09. The van der Waals surface area contributed by atoms with Crippen LogP contribution in [0.1, 0.15) is 39.0 Å². The van der Waals surface area contributed by atoms with Crippen LogP contribution in [0.15, 0.2) is 22.8 Å². The van der Waals surface area contributed by atoms with Gasteiger partial charge in [0.2, 0.25) is 0 Å². The van der Waals surface area contributed by atoms with E-state index in [-0.39, 0.29) is 0 Å². The Morgan fingerprint density at radius 3 is 2.50 bits per heavy atom. The predicted octanol–water partition coefficient (Wildman–Crippen LogP) is 2.98. The summed E-state index contributed by atoms with van der Waals surface area (Å²) in [6.45, 7) is 6.13. The molecule has 0 saturated carbocycles. The molecule has 1 atom stereocenters. The van der Waals surface area contributed by atoms with E-state index in [1.54, 1.807) is 6.26 Å². The standard InChI is InChI=1S/C8H13NO.C2H6/c1-3-7(9-2)8-5-4-6-10-8;1-2/h4-7,9H,3H2,1-2H3;1-2H3. The Hall–Kier alpha value is -0.760. The van der Waals surface area contributed by atoms with E-state index in [2.05, 4.69) is 12.2 Å². The summed E-state index contributed by atoms with van der Waals surface area (Å²) in [5, 5.41) is 3.16. The van der Waals surface area contributed by atoms with E-state index in [1.165, 1.54) is 0 Å². The molecule has 1 rings (SSSR count). The zero-order chi connectivity index (χ0) is 9.40. The maximum Gasteiger partial charge on any atom is 0.120 e. The minimum Gasteiger partial charge on any atom is -0.468 e. The predicted molar refractivity (Wildman–Crippen MR) is 52.1 cm³/mol. The molecular weight excluding hydrogens is 150 g/mol. The van der Waals surface area contributed by atoms with Crippen molar-refractivity contribution in [1.29, 1.82) is 0 Å². The molecular formula is C10H19NO. The van der Waals surface area contributed by atoms with Crippen molar-refractivity contribution < 1.29 is 4.42 Å². The van der Waals surface area contributed by atoms with Gasteiger partial charge in [-0.05, 0) is 25.6 Å². The fraction of sp³-hybridized carbons (Fsp3) is 0.600. The Morgan fingerprint density at radius 1 is 1.50 bits per heavy atom. The number of nitrogens with one attached hydrogen (secondary N) is 1. The molecule has 0 aliphatic carbocycles. The molecule has 1 heterocycles. The van der Waals surface area contributed by atoms with Gasteiger partial charge in [-0.1, -0.05) is 20.8 Å². The van der Waals surface area contributed by atoms with Gasteiger partial charge in [0.1, 0.15) is 5.76 Å². The first-order valence-electron chi connectivity index (χ1n) is 4.59. The molecule has 2 nitrogen and oxygen atoms in total. The summed E-state index contributed by atoms with van der Waals surface area (Å²) >= 11 is 0. The first kappa shape index (κ1) is 11.2. The van der Waals surface area contributed by atoms with E-state index in [4.69, 9.17) is 4.42 Å². The topological polar surface area (TPSA) is 25.2 Å². The molecule has 0 bridgehead atoms. The molecule has 0 amide bonds. The third-order valence-corrected chi connectivity index (χ3v) is 1.64. The van der Waals surface area contributed by atoms with E-state index in [9.17, 15) is 0 Å². The Bertz CT molecular complexity index is 166. The molecule has 12 heavy (non-hydrogen) atoms. The van der Waals surface area contributed by atoms with Crippen LogP contribution in [-0.2, 0) is 0 Å². The van der Waals surface area contributed by atoms with Gasteiger partial charge in [0.25, 0.3) is 0 Å². The Kier molecular flexibility index (Phi) is 6.48. The molecule has 0 aliphatic heterocycles. The van der Waals surface area contributed by atoms with Crippen LogP contribution in [-0.4, -0.2) is 7.05 Å². The molecule has 1 unspecified atom stereocenters. The molecule has 1 N–H and O–H groups in total. The SMILES string of the molecule is CC.CCC(NC)c1ccco1. The highest BCUT2D eigenvalue weighted by Crippen LogP contribution is 2.15. The quantitative estimate of drug-likeness (QED) is 0.752. The zero-order valence-corrected chi connectivity index (χ0v) is 8.42. The third-order valence-electron chi connectivity index (χ3n) is 1.64. The Morgan fingerprint density at radius 2 is 2.17 bits per heavy atom. The molecule has 0 aliphatic rings. The first-order valence-corrected chi connectivity index (χ1v) is 4.59. The van der Waals surface area contributed by atoms with Gasteiger partial charge < -0.3 is 9.73 Å². The fourth-order valence-electron chi connectivity index (χ4n) is 1.04. The van der Waals surface area contributed by atoms with E-state index >= 15 is 0 Å². The smallest absolute Gasteiger partial charge is 0.120 e. The lowest BCUT2D eigenvalue weighted by atomic mass is 10.2. The van der Waals surface area contributed by atoms with E-state index < -0.39 is 0 Å². The fourth-order valence-corrected chi connectivity index (χ4v) is 1.04. The summed E-state index contributed by atoms with van der Waals surface area (Å²) in [5.41, 5.74) is 0. The summed E-state index contributed by atoms with van der Waals surface area (Å²) in [6, 6.07) is 4.27. The van der Waals surface area contributed by atoms with Crippen molar-refractivity contribution in [2.24, 2.45) is 0 Å². The maximum atomic E-state index is 5.21. The van der Waals surface area contributed by atoms with Crippen LogP contribution in [0.5, 0.6) is 0 Å². The second-order valence-electron chi connectivity index (χ2n) is 2.26. The van der Waals surface area contributed by atoms with Gasteiger partial charge in [-0.25, -0.2) is 0 Å². The van der Waals surface area contributed by atoms with Crippen LogP contribution in [0.3, 0.4) is 0 Å². The van der Waals surface area contributed by atoms with E-state index in [1.807, 2.05) is 33.0 Å². The number of hydrogen-bond acceptors (Lipinski definition) is 2. The van der Waals surface area contributed by atoms with Crippen molar-refractivity contribution in [3.8, 4) is 0 Å². The second kappa shape index (κ2) is 6.92. The lowest BCUT2D eigenvalue weighted by Crippen LogP contribution is -2.14. The summed E-state index contributed by atoms with van der Waals surface area (Å²) in [4.78, 5) is 0. The van der Waals surface area contributed by atoms with Gasteiger partial charge >= 0.3 is 0 Å². The number of rotatable bonds is 3. The second-order valence-corrected chi connectivity index (χ2v) is 2.26. The lowest BCUT2D eigenvalue weighted by molar-refractivity contribution is 0.424. The van der Waals surface area contributed by atoms with Crippen molar-refractivity contribution >= 4 is 0 Å². The monoisotopic (exact) mass is 169 g/mol. The summed E-state index contributed by atoms with van der Waals surface area (Å²) in [6.07, 6.45) is 2.76. The van der Waals surface area contributed by atoms with Crippen LogP contribution in [0, 0.1) is 0 Å². The normalized spacial score (nSPS) is 11.7. The van der Waals surface area contributed by atoms with Crippen molar-refractivity contribution in [2.75, 3.05) is 7.05 Å². The molecule has 1 aromatic rings. The molecule has 2 heteroatoms. The molecule has 0 fully saturated rings. The molecule has 0 radical (unpaired) electrons. The van der Waals surface area contributed by atoms with Crippen molar-refractivity contribution in [2.45, 2.75) is 33.2 Å². The summed E-state index contributed by atoms with van der Waals surface area (Å²) < 4.78 is 5.21. The lowest BCUT2D eigenvalue weighted by Gasteiger charge is -2.08. The average Bonchev–Trinajstić information content (AvgIpc) is 2.64. The van der Waals surface area contributed by atoms with Crippen molar-refractivity contribution in [3.63, 3.8) is 0 Å². The van der Waals surface area contributed by atoms with Crippen LogP contribution in [0.2, 0.25) is 0 Å². The van der Waals surface area contributed by atoms with Gasteiger partial charge in [-0.2, -0.15) is 0 Å². The Labute approximate surface area is 75.0 Å². The van der Waals surface area contributed by atoms with Crippen LogP contribution >= 0.6 is 0 Å². The van der Waals surface area contributed by atoms with Gasteiger partial charge in [0, 0.05) is 0 Å². The average molecular weight is 169 g/mol. The van der Waals surface area contributed by atoms with Gasteiger partial charge in [-0.15, -0.1) is 0 Å². The minimum atomic E-state index is 0.370. The molecule has 70 valence electrons. The van der Waals surface area contributed by atoms with Crippen LogP contribution < -0.4 is 5.32 Å². The Balaban J connectivity index is 0.000000561. The highest BCUT2D eigenvalue weighted by Gasteiger charge is 2.07. The molecule has 0 spiro atoms. The van der Waals surface area contributed by atoms with Gasteiger partial charge in [0.05, 0.1) is 12.3 Å². The summed E-state index contributed by atoms with van der Waals surface area (Å²) in [7, 11) is 1.94. The zero-order valence-electron chi connectivity index (χ0n) is 8.42. The highest BCUT2D eigenvalue weighted by atomic mass is 16.3. The van der Waals surface area contributed by atoms with Crippen molar-refractivity contribution in [1.82, 2.24) is 5.32 Å². The molecule has 0 aromatic carbocycles. The van der Waals surface area contributed by atoms with Gasteiger partial charge in [-0.3, -0.25) is 0 Å². The maximum absolute atomic E-state index is 5.21. The van der Waals surface area contributed by atoms with Crippen molar-refractivity contribution in [3.05, 3.63) is 24.2 Å². The summed E-state index contributed by atoms with van der Waals surface area (Å²) in [5.74, 6) is 1.02. The van der Waals surface area contributed by atoms with Crippen LogP contribution in [0.4, 0.5) is 0 Å². The number of furan rings is 1. The van der Waals surface area contributed by atoms with Gasteiger partial charge in [0.15, 0.2) is 0 Å². The number of hydrogen-bond donors (Lipinski definition) is 1. The first-order chi connectivity index (χ1) is 5.88. The van der Waals surface area contributed by atoms with Crippen LogP contribution in [0.25, 0.3) is 0 Å². The largest absolute Gasteiger partial charge is 0.468 e. The minimum absolute atomic E-state index is 0.370. The molecule has 0 saturated heterocycles. The highest BCUT2D eigenvalue weighted by molar-refractivity contribution is 5.03. The van der Waals surface area contributed by atoms with E-state index in [0.29, 0.717) is 6.04 Å². The molecule has 1 aromatic heterocycles. The van der Waals surface area contributed by atoms with E-state index in [0.717, 1.165) is 12.2 Å².